The van der Waals surface area contributed by atoms with Crippen LogP contribution in [0.15, 0.2) is 12.2 Å². The van der Waals surface area contributed by atoms with Crippen molar-refractivity contribution >= 4 is 11.9 Å². The smallest absolute Gasteiger partial charge is 0.328 e. The highest BCUT2D eigenvalue weighted by Crippen LogP contribution is 1.97. The molecule has 0 fully saturated rings. The molecule has 1 amide bonds. The molecule has 0 radical (unpaired) electrons. The van der Waals surface area contributed by atoms with Crippen molar-refractivity contribution in [2.75, 3.05) is 7.11 Å². The molecule has 0 saturated carbocycles. The molecule has 1 unspecified atom stereocenters. The van der Waals surface area contributed by atoms with Crippen LogP contribution in [0.4, 0.5) is 0 Å². The monoisotopic (exact) mass is 199 g/mol. The molecule has 4 heteroatoms. The van der Waals surface area contributed by atoms with Crippen LogP contribution in [0.25, 0.3) is 0 Å². The summed E-state index contributed by atoms with van der Waals surface area (Å²) in [6.45, 7) is 3.38. The number of ether oxygens (including phenoxy) is 1. The molecule has 0 saturated heterocycles. The predicted molar refractivity (Wildman–Crippen MR) is 53.7 cm³/mol. The second-order valence-electron chi connectivity index (χ2n) is 2.89. The number of rotatable bonds is 5. The van der Waals surface area contributed by atoms with Gasteiger partial charge in [0, 0.05) is 6.92 Å². The van der Waals surface area contributed by atoms with Crippen LogP contribution in [0.5, 0.6) is 0 Å². The molecule has 0 aromatic rings. The van der Waals surface area contributed by atoms with E-state index in [2.05, 4.69) is 10.1 Å². The Morgan fingerprint density at radius 3 is 2.50 bits per heavy atom. The van der Waals surface area contributed by atoms with Gasteiger partial charge in [-0.1, -0.05) is 19.1 Å². The molecule has 0 heterocycles. The fourth-order valence-electron chi connectivity index (χ4n) is 1.00. The van der Waals surface area contributed by atoms with E-state index < -0.39 is 12.0 Å². The van der Waals surface area contributed by atoms with Crippen LogP contribution < -0.4 is 5.32 Å². The molecule has 1 N–H and O–H groups in total. The Balaban J connectivity index is 4.17. The van der Waals surface area contributed by atoms with Crippen molar-refractivity contribution in [3.63, 3.8) is 0 Å². The van der Waals surface area contributed by atoms with Crippen molar-refractivity contribution in [1.82, 2.24) is 5.32 Å². The Labute approximate surface area is 84.3 Å². The van der Waals surface area contributed by atoms with Gasteiger partial charge in [0.1, 0.15) is 6.04 Å². The number of carbonyl (C=O) groups excluding carboxylic acids is 2. The van der Waals surface area contributed by atoms with E-state index in [9.17, 15) is 9.59 Å². The number of methoxy groups -OCH3 is 1. The largest absolute Gasteiger partial charge is 0.467 e. The van der Waals surface area contributed by atoms with E-state index in [1.807, 2.05) is 19.1 Å². The molecule has 0 aliphatic carbocycles. The van der Waals surface area contributed by atoms with Crippen molar-refractivity contribution < 1.29 is 14.3 Å². The van der Waals surface area contributed by atoms with Gasteiger partial charge in [0.05, 0.1) is 7.11 Å². The Kier molecular flexibility index (Phi) is 6.45. The van der Waals surface area contributed by atoms with Crippen LogP contribution in [-0.2, 0) is 14.3 Å². The quantitative estimate of drug-likeness (QED) is 0.531. The van der Waals surface area contributed by atoms with Gasteiger partial charge in [-0.05, 0) is 12.8 Å². The maximum atomic E-state index is 11.2. The Hall–Kier alpha value is -1.32. The molecule has 0 bridgehead atoms. The number of nitrogens with one attached hydrogen (secondary N) is 1. The lowest BCUT2D eigenvalue weighted by Crippen LogP contribution is -2.39. The summed E-state index contributed by atoms with van der Waals surface area (Å²) in [5.74, 6) is -0.647. The molecule has 14 heavy (non-hydrogen) atoms. The third kappa shape index (κ3) is 5.35. The molecule has 0 rings (SSSR count). The molecule has 4 nitrogen and oxygen atoms in total. The third-order valence-electron chi connectivity index (χ3n) is 1.64. The molecule has 0 aromatic heterocycles. The average molecular weight is 199 g/mol. The molecule has 0 spiro atoms. The zero-order valence-corrected chi connectivity index (χ0v) is 8.87. The number of esters is 1. The maximum Gasteiger partial charge on any atom is 0.328 e. The highest BCUT2D eigenvalue weighted by Gasteiger charge is 2.17. The van der Waals surface area contributed by atoms with Crippen molar-refractivity contribution in [1.29, 1.82) is 0 Å². The van der Waals surface area contributed by atoms with E-state index in [0.29, 0.717) is 6.42 Å². The predicted octanol–water partition coefficient (Wildman–Crippen LogP) is 1.02. The standard InChI is InChI=1S/C10H17NO3/c1-4-5-6-7-9(10(13)14-3)11-8(2)12/h5-6,9H,4,7H2,1-3H3,(H,11,12). The van der Waals surface area contributed by atoms with Crippen LogP contribution in [-0.4, -0.2) is 25.0 Å². The Morgan fingerprint density at radius 2 is 2.07 bits per heavy atom. The highest BCUT2D eigenvalue weighted by molar-refractivity contribution is 5.83. The van der Waals surface area contributed by atoms with Crippen molar-refractivity contribution in [3.8, 4) is 0 Å². The SMILES string of the molecule is CCC=CCC(NC(C)=O)C(=O)OC. The van der Waals surface area contributed by atoms with Crippen molar-refractivity contribution in [3.05, 3.63) is 12.2 Å². The van der Waals surface area contributed by atoms with Gasteiger partial charge in [0.25, 0.3) is 0 Å². The molecule has 0 aliphatic heterocycles. The van der Waals surface area contributed by atoms with E-state index in [1.165, 1.54) is 14.0 Å². The van der Waals surface area contributed by atoms with Crippen molar-refractivity contribution in [2.45, 2.75) is 32.7 Å². The minimum Gasteiger partial charge on any atom is -0.467 e. The Bertz CT molecular complexity index is 223. The summed E-state index contributed by atoms with van der Waals surface area (Å²) in [6, 6.07) is -0.569. The van der Waals surface area contributed by atoms with Gasteiger partial charge in [0.15, 0.2) is 0 Å². The lowest BCUT2D eigenvalue weighted by atomic mass is 10.2. The van der Waals surface area contributed by atoms with Crippen LogP contribution in [0, 0.1) is 0 Å². The van der Waals surface area contributed by atoms with Gasteiger partial charge < -0.3 is 10.1 Å². The zero-order chi connectivity index (χ0) is 11.0. The number of carbonyl (C=O) groups is 2. The Morgan fingerprint density at radius 1 is 1.43 bits per heavy atom. The number of amides is 1. The molecular formula is C10H17NO3. The van der Waals surface area contributed by atoms with Crippen LogP contribution >= 0.6 is 0 Å². The lowest BCUT2D eigenvalue weighted by Gasteiger charge is -2.12. The number of hydrogen-bond donors (Lipinski definition) is 1. The summed E-state index contributed by atoms with van der Waals surface area (Å²) in [7, 11) is 1.31. The fourth-order valence-corrected chi connectivity index (χ4v) is 1.00. The normalized spacial score (nSPS) is 12.5. The van der Waals surface area contributed by atoms with Gasteiger partial charge in [-0.3, -0.25) is 4.79 Å². The zero-order valence-electron chi connectivity index (χ0n) is 8.87. The second kappa shape index (κ2) is 7.12. The van der Waals surface area contributed by atoms with Crippen LogP contribution in [0.2, 0.25) is 0 Å². The van der Waals surface area contributed by atoms with E-state index >= 15 is 0 Å². The molecule has 80 valence electrons. The van der Waals surface area contributed by atoms with Gasteiger partial charge in [-0.25, -0.2) is 4.79 Å². The van der Waals surface area contributed by atoms with E-state index in [0.717, 1.165) is 6.42 Å². The van der Waals surface area contributed by atoms with E-state index in [-0.39, 0.29) is 5.91 Å². The van der Waals surface area contributed by atoms with Gasteiger partial charge >= 0.3 is 5.97 Å². The number of allylic oxidation sites excluding steroid dienone is 1. The van der Waals surface area contributed by atoms with Crippen LogP contribution in [0.3, 0.4) is 0 Å². The molecule has 0 aromatic carbocycles. The van der Waals surface area contributed by atoms with E-state index in [1.54, 1.807) is 0 Å². The minimum atomic E-state index is -0.569. The molecular weight excluding hydrogens is 182 g/mol. The van der Waals surface area contributed by atoms with E-state index in [4.69, 9.17) is 0 Å². The summed E-state index contributed by atoms with van der Waals surface area (Å²) in [4.78, 5) is 21.9. The fraction of sp³-hybridized carbons (Fsp3) is 0.600. The first-order chi connectivity index (χ1) is 6.61. The van der Waals surface area contributed by atoms with Crippen molar-refractivity contribution in [2.24, 2.45) is 0 Å². The summed E-state index contributed by atoms with van der Waals surface area (Å²) in [5.41, 5.74) is 0. The number of hydrogen-bond acceptors (Lipinski definition) is 3. The van der Waals surface area contributed by atoms with Gasteiger partial charge in [-0.15, -0.1) is 0 Å². The first kappa shape index (κ1) is 12.7. The minimum absolute atomic E-state index is 0.231. The van der Waals surface area contributed by atoms with Crippen LogP contribution in [0.1, 0.15) is 26.7 Å². The lowest BCUT2D eigenvalue weighted by molar-refractivity contribution is -0.144. The summed E-state index contributed by atoms with van der Waals surface area (Å²) in [5, 5.41) is 2.52. The van der Waals surface area contributed by atoms with Gasteiger partial charge in [0.2, 0.25) is 5.91 Å². The highest BCUT2D eigenvalue weighted by atomic mass is 16.5. The first-order valence-electron chi connectivity index (χ1n) is 4.61. The third-order valence-corrected chi connectivity index (χ3v) is 1.64. The topological polar surface area (TPSA) is 55.4 Å². The summed E-state index contributed by atoms with van der Waals surface area (Å²) in [6.07, 6.45) is 5.18. The summed E-state index contributed by atoms with van der Waals surface area (Å²) < 4.78 is 4.56. The molecule has 1 atom stereocenters. The second-order valence-corrected chi connectivity index (χ2v) is 2.89. The average Bonchev–Trinajstić information content (AvgIpc) is 2.15. The maximum absolute atomic E-state index is 11.2. The molecule has 0 aliphatic rings. The first-order valence-corrected chi connectivity index (χ1v) is 4.61. The summed E-state index contributed by atoms with van der Waals surface area (Å²) >= 11 is 0. The van der Waals surface area contributed by atoms with Gasteiger partial charge in [-0.2, -0.15) is 0 Å².